The molecule has 0 bridgehead atoms. The third-order valence-corrected chi connectivity index (χ3v) is 5.70. The third kappa shape index (κ3) is 2.86. The van der Waals surface area contributed by atoms with Crippen molar-refractivity contribution >= 4 is 17.0 Å². The van der Waals surface area contributed by atoms with Crippen LogP contribution in [0.5, 0.6) is 11.5 Å². The van der Waals surface area contributed by atoms with Gasteiger partial charge in [-0.3, -0.25) is 0 Å². The summed E-state index contributed by atoms with van der Waals surface area (Å²) in [6.07, 6.45) is 0. The van der Waals surface area contributed by atoms with Crippen molar-refractivity contribution in [2.24, 2.45) is 0 Å². The second kappa shape index (κ2) is 7.20. The van der Waals surface area contributed by atoms with E-state index in [9.17, 15) is 9.90 Å². The molecular weight excluding hydrogens is 418 g/mol. The molecule has 0 fully saturated rings. The first kappa shape index (κ1) is 19.1. The Morgan fingerprint density at radius 3 is 2.09 bits per heavy atom. The molecule has 0 atom stereocenters. The highest BCUT2D eigenvalue weighted by molar-refractivity contribution is 5.95. The van der Waals surface area contributed by atoms with Gasteiger partial charge in [0.1, 0.15) is 11.2 Å². The maximum absolute atomic E-state index is 12.2. The van der Waals surface area contributed by atoms with Crippen LogP contribution in [0.1, 0.15) is 21.5 Å². The van der Waals surface area contributed by atoms with E-state index in [1.54, 1.807) is 6.07 Å². The maximum Gasteiger partial charge on any atom is 0.338 e. The minimum absolute atomic E-state index is 0.0323. The van der Waals surface area contributed by atoms with Gasteiger partial charge in [-0.1, -0.05) is 78.0 Å². The molecule has 1 aromatic heterocycles. The Morgan fingerprint density at radius 2 is 1.42 bits per heavy atom. The summed E-state index contributed by atoms with van der Waals surface area (Å²) in [7, 11) is 0. The monoisotopic (exact) mass is 435 g/mol. The fourth-order valence-corrected chi connectivity index (χ4v) is 4.19. The lowest BCUT2D eigenvalue weighted by atomic mass is 9.97. The molecule has 0 unspecified atom stereocenters. The van der Waals surface area contributed by atoms with Crippen LogP contribution in [-0.4, -0.2) is 26.1 Å². The molecule has 0 radical (unpaired) electrons. The summed E-state index contributed by atoms with van der Waals surface area (Å²) in [4.78, 5) is 12.2. The average Bonchev–Trinajstić information content (AvgIpc) is 3.47. The van der Waals surface area contributed by atoms with Crippen LogP contribution in [-0.2, 0) is 5.79 Å². The summed E-state index contributed by atoms with van der Waals surface area (Å²) in [5, 5.41) is 18.4. The van der Waals surface area contributed by atoms with Gasteiger partial charge in [0, 0.05) is 11.1 Å². The molecule has 0 saturated heterocycles. The molecule has 33 heavy (non-hydrogen) atoms. The number of carboxylic acids is 1. The van der Waals surface area contributed by atoms with Crippen molar-refractivity contribution in [1.82, 2.24) is 15.0 Å². The summed E-state index contributed by atoms with van der Waals surface area (Å²) in [6.45, 7) is 0. The summed E-state index contributed by atoms with van der Waals surface area (Å²) in [6, 6.07) is 29.6. The van der Waals surface area contributed by atoms with Gasteiger partial charge in [-0.15, -0.1) is 5.10 Å². The average molecular weight is 435 g/mol. The first-order valence-electron chi connectivity index (χ1n) is 10.4. The van der Waals surface area contributed by atoms with E-state index in [0.717, 1.165) is 11.1 Å². The van der Waals surface area contributed by atoms with Gasteiger partial charge < -0.3 is 14.6 Å². The molecule has 6 rings (SSSR count). The van der Waals surface area contributed by atoms with Crippen LogP contribution in [0, 0.1) is 0 Å². The lowest BCUT2D eigenvalue weighted by Gasteiger charge is -2.28. The number of hydrogen-bond acceptors (Lipinski definition) is 5. The van der Waals surface area contributed by atoms with Crippen LogP contribution in [0.25, 0.3) is 16.7 Å². The van der Waals surface area contributed by atoms with E-state index in [1.807, 2.05) is 84.9 Å². The van der Waals surface area contributed by atoms with Crippen LogP contribution in [0.15, 0.2) is 97.1 Å². The summed E-state index contributed by atoms with van der Waals surface area (Å²) < 4.78 is 14.6. The number of ether oxygens (including phenoxy) is 2. The Hall–Kier alpha value is -4.65. The fraction of sp³-hybridized carbons (Fsp3) is 0.0385. The van der Waals surface area contributed by atoms with E-state index in [1.165, 1.54) is 10.7 Å². The predicted octanol–water partition coefficient (Wildman–Crippen LogP) is 4.79. The third-order valence-electron chi connectivity index (χ3n) is 5.70. The molecule has 5 aromatic rings. The molecule has 160 valence electrons. The number of aromatic carboxylic acids is 1. The molecule has 4 aromatic carbocycles. The second-order valence-electron chi connectivity index (χ2n) is 7.64. The Bertz CT molecular complexity index is 1460. The van der Waals surface area contributed by atoms with E-state index in [-0.39, 0.29) is 11.3 Å². The van der Waals surface area contributed by atoms with Crippen molar-refractivity contribution in [3.63, 3.8) is 0 Å². The Kier molecular flexibility index (Phi) is 4.16. The van der Waals surface area contributed by atoms with Gasteiger partial charge in [0.05, 0.1) is 11.1 Å². The van der Waals surface area contributed by atoms with Crippen LogP contribution in [0.4, 0.5) is 0 Å². The van der Waals surface area contributed by atoms with E-state index in [0.29, 0.717) is 22.5 Å². The van der Waals surface area contributed by atoms with Crippen molar-refractivity contribution in [1.29, 1.82) is 0 Å². The molecule has 7 heteroatoms. The number of rotatable bonds is 4. The first-order valence-corrected chi connectivity index (χ1v) is 10.4. The van der Waals surface area contributed by atoms with Crippen LogP contribution >= 0.6 is 0 Å². The van der Waals surface area contributed by atoms with Crippen LogP contribution < -0.4 is 9.47 Å². The quantitative estimate of drug-likeness (QED) is 0.437. The Morgan fingerprint density at radius 1 is 0.788 bits per heavy atom. The molecule has 0 spiro atoms. The minimum atomic E-state index is -1.28. The highest BCUT2D eigenvalue weighted by Crippen LogP contribution is 2.51. The zero-order valence-corrected chi connectivity index (χ0v) is 17.3. The van der Waals surface area contributed by atoms with Gasteiger partial charge in [-0.2, -0.15) is 0 Å². The van der Waals surface area contributed by atoms with Gasteiger partial charge in [-0.05, 0) is 24.3 Å². The van der Waals surface area contributed by atoms with Crippen molar-refractivity contribution < 1.29 is 19.4 Å². The zero-order chi connectivity index (χ0) is 22.4. The second-order valence-corrected chi connectivity index (χ2v) is 7.64. The molecule has 1 aliphatic rings. The number of fused-ring (bicyclic) bond motifs is 2. The SMILES string of the molecule is O=C(O)c1ccc2c(c1-n1nnc3ccccc31)OC(c1ccccc1)(c1ccccc1)O2. The smallest absolute Gasteiger partial charge is 0.338 e. The normalized spacial score (nSPS) is 13.8. The summed E-state index contributed by atoms with van der Waals surface area (Å²) in [5.74, 6) is -1.68. The van der Waals surface area contributed by atoms with Crippen LogP contribution in [0.2, 0.25) is 0 Å². The van der Waals surface area contributed by atoms with Crippen molar-refractivity contribution in [3.8, 4) is 17.2 Å². The zero-order valence-electron chi connectivity index (χ0n) is 17.3. The summed E-state index contributed by atoms with van der Waals surface area (Å²) >= 11 is 0. The minimum Gasteiger partial charge on any atom is -0.478 e. The number of aromatic nitrogens is 3. The van der Waals surface area contributed by atoms with Crippen LogP contribution in [0.3, 0.4) is 0 Å². The lowest BCUT2D eigenvalue weighted by molar-refractivity contribution is -0.0459. The fourth-order valence-electron chi connectivity index (χ4n) is 4.19. The molecule has 7 nitrogen and oxygen atoms in total. The molecule has 2 heterocycles. The number of hydrogen-bond donors (Lipinski definition) is 1. The van der Waals surface area contributed by atoms with Gasteiger partial charge in [-0.25, -0.2) is 9.48 Å². The number of carboxylic acid groups (broad SMARTS) is 1. The molecule has 0 saturated carbocycles. The van der Waals surface area contributed by atoms with E-state index in [2.05, 4.69) is 10.3 Å². The van der Waals surface area contributed by atoms with Gasteiger partial charge in [0.25, 0.3) is 0 Å². The van der Waals surface area contributed by atoms with E-state index in [4.69, 9.17) is 9.47 Å². The van der Waals surface area contributed by atoms with E-state index < -0.39 is 11.8 Å². The predicted molar refractivity (Wildman–Crippen MR) is 121 cm³/mol. The number of para-hydroxylation sites is 1. The Balaban J connectivity index is 1.62. The van der Waals surface area contributed by atoms with Crippen molar-refractivity contribution in [2.75, 3.05) is 0 Å². The number of nitrogens with zero attached hydrogens (tertiary/aromatic N) is 3. The van der Waals surface area contributed by atoms with E-state index >= 15 is 0 Å². The summed E-state index contributed by atoms with van der Waals surface area (Å²) in [5.41, 5.74) is 3.15. The largest absolute Gasteiger partial charge is 0.478 e. The molecule has 0 aliphatic carbocycles. The topological polar surface area (TPSA) is 86.5 Å². The number of benzene rings is 4. The highest BCUT2D eigenvalue weighted by atomic mass is 16.7. The molecule has 1 aliphatic heterocycles. The van der Waals surface area contributed by atoms with Gasteiger partial charge in [0.2, 0.25) is 0 Å². The molecular formula is C26H17N3O4. The van der Waals surface area contributed by atoms with Crippen molar-refractivity contribution in [3.05, 3.63) is 114 Å². The standard InChI is InChI=1S/C26H17N3O4/c30-25(31)19-15-16-22-24(23(19)29-21-14-8-7-13-20(21)27-28-29)33-26(32-22,17-9-3-1-4-10-17)18-11-5-2-6-12-18/h1-16H,(H,30,31). The first-order chi connectivity index (χ1) is 16.2. The maximum atomic E-state index is 12.2. The number of carbonyl (C=O) groups is 1. The Labute approximate surface area is 188 Å². The van der Waals surface area contributed by atoms with Crippen molar-refractivity contribution in [2.45, 2.75) is 5.79 Å². The van der Waals surface area contributed by atoms with Gasteiger partial charge in [0.15, 0.2) is 11.5 Å². The lowest BCUT2D eigenvalue weighted by Crippen LogP contribution is -2.36. The molecule has 1 N–H and O–H groups in total. The highest BCUT2D eigenvalue weighted by Gasteiger charge is 2.47. The van der Waals surface area contributed by atoms with Gasteiger partial charge >= 0.3 is 11.8 Å². The molecule has 0 amide bonds.